The van der Waals surface area contributed by atoms with E-state index in [-0.39, 0.29) is 6.54 Å². The number of hydrogen-bond donors (Lipinski definition) is 2. The smallest absolute Gasteiger partial charge is 0.186 e. The van der Waals surface area contributed by atoms with Crippen LogP contribution >= 0.6 is 0 Å². The zero-order valence-electron chi connectivity index (χ0n) is 6.36. The van der Waals surface area contributed by atoms with E-state index in [1.54, 1.807) is 12.1 Å². The second-order valence-electron chi connectivity index (χ2n) is 2.32. The van der Waals surface area contributed by atoms with Crippen molar-refractivity contribution in [2.75, 3.05) is 0 Å². The molecule has 12 heavy (non-hydrogen) atoms. The Labute approximate surface area is 74.7 Å². The van der Waals surface area contributed by atoms with Gasteiger partial charge in [0.15, 0.2) is 11.1 Å². The average Bonchev–Trinajstić information content (AvgIpc) is 2.03. The van der Waals surface area contributed by atoms with Crippen LogP contribution in [0.4, 0.5) is 0 Å². The highest BCUT2D eigenvalue weighted by molar-refractivity contribution is 7.79. The van der Waals surface area contributed by atoms with Crippen LogP contribution in [0.5, 0.6) is 0 Å². The summed E-state index contributed by atoms with van der Waals surface area (Å²) in [5.41, 5.74) is 6.51. The summed E-state index contributed by atoms with van der Waals surface area (Å²) in [7, 11) is 5.47. The molecule has 0 spiro atoms. The lowest BCUT2D eigenvalue weighted by Crippen LogP contribution is -2.09. The average molecular weight is 181 g/mol. The summed E-state index contributed by atoms with van der Waals surface area (Å²) in [6.45, 7) is 0.215. The van der Waals surface area contributed by atoms with E-state index < -0.39 is 11.1 Å². The second kappa shape index (κ2) is 3.84. The lowest BCUT2D eigenvalue weighted by atomic mass is 9.94. The maximum absolute atomic E-state index is 10.7. The zero-order chi connectivity index (χ0) is 9.14. The summed E-state index contributed by atoms with van der Waals surface area (Å²) < 4.78 is 19.5. The first-order valence-electron chi connectivity index (χ1n) is 3.34. The van der Waals surface area contributed by atoms with Crippen molar-refractivity contribution >= 4 is 24.4 Å². The maximum atomic E-state index is 10.7. The van der Waals surface area contributed by atoms with E-state index in [0.717, 1.165) is 0 Å². The number of rotatable bonds is 2. The third-order valence-electron chi connectivity index (χ3n) is 1.49. The van der Waals surface area contributed by atoms with E-state index in [0.29, 0.717) is 15.9 Å². The number of benzene rings is 1. The summed E-state index contributed by atoms with van der Waals surface area (Å²) >= 11 is -1.98. The molecule has 0 bridgehead atoms. The minimum absolute atomic E-state index is 0.215. The van der Waals surface area contributed by atoms with Gasteiger partial charge < -0.3 is 10.3 Å². The van der Waals surface area contributed by atoms with Gasteiger partial charge in [-0.15, -0.1) is 0 Å². The topological polar surface area (TPSA) is 63.3 Å². The van der Waals surface area contributed by atoms with E-state index in [1.807, 2.05) is 0 Å². The van der Waals surface area contributed by atoms with Crippen LogP contribution in [-0.2, 0) is 17.6 Å². The second-order valence-corrected chi connectivity index (χ2v) is 3.26. The fourth-order valence-corrected chi connectivity index (χ4v) is 1.48. The Balaban J connectivity index is 3.20. The first-order valence-corrected chi connectivity index (χ1v) is 4.45. The van der Waals surface area contributed by atoms with E-state index in [4.69, 9.17) is 18.1 Å². The quantitative estimate of drug-likeness (QED) is 0.478. The van der Waals surface area contributed by atoms with Crippen LogP contribution in [0.25, 0.3) is 0 Å². The molecule has 1 rings (SSSR count). The molecular weight excluding hydrogens is 173 g/mol. The van der Waals surface area contributed by atoms with Gasteiger partial charge in [-0.3, -0.25) is 0 Å². The lowest BCUT2D eigenvalue weighted by Gasteiger charge is -2.04. The van der Waals surface area contributed by atoms with Gasteiger partial charge in [-0.05, 0) is 11.6 Å². The molecular formula is C7H8BNO2S. The summed E-state index contributed by atoms with van der Waals surface area (Å²) in [5.74, 6) is 0. The molecule has 3 N–H and O–H groups in total. The van der Waals surface area contributed by atoms with Crippen molar-refractivity contribution in [3.63, 3.8) is 0 Å². The third-order valence-corrected chi connectivity index (χ3v) is 2.27. The van der Waals surface area contributed by atoms with Crippen molar-refractivity contribution in [3.05, 3.63) is 23.8 Å². The van der Waals surface area contributed by atoms with Crippen LogP contribution < -0.4 is 11.2 Å². The molecule has 2 radical (unpaired) electrons. The molecule has 1 unspecified atom stereocenters. The Hall–Kier alpha value is -0.645. The molecule has 0 aromatic heterocycles. The molecule has 3 nitrogen and oxygen atoms in total. The van der Waals surface area contributed by atoms with Crippen LogP contribution in [0.2, 0.25) is 0 Å². The van der Waals surface area contributed by atoms with Crippen molar-refractivity contribution in [1.82, 2.24) is 0 Å². The molecule has 0 heterocycles. The Bertz CT molecular complexity index is 316. The molecule has 1 aromatic carbocycles. The van der Waals surface area contributed by atoms with Crippen molar-refractivity contribution in [1.29, 1.82) is 0 Å². The van der Waals surface area contributed by atoms with Crippen LogP contribution in [-0.4, -0.2) is 16.6 Å². The van der Waals surface area contributed by atoms with Gasteiger partial charge in [0.2, 0.25) is 0 Å². The number of nitrogens with two attached hydrogens (primary N) is 1. The lowest BCUT2D eigenvalue weighted by molar-refractivity contribution is 0.563. The summed E-state index contributed by atoms with van der Waals surface area (Å²) in [5, 5.41) is 0. The Morgan fingerprint density at radius 1 is 1.58 bits per heavy atom. The molecule has 0 amide bonds. The minimum Gasteiger partial charge on any atom is -0.326 e. The molecule has 0 aliphatic rings. The summed E-state index contributed by atoms with van der Waals surface area (Å²) in [6, 6.07) is 4.68. The molecule has 1 aromatic rings. The molecule has 0 saturated carbocycles. The standard InChI is InChI=1S/C7H8BNO2S/c8-6-1-2-7(12(10)11)5(3-6)4-9/h1-3H,4,9H2,(H,10,11). The van der Waals surface area contributed by atoms with E-state index in [2.05, 4.69) is 0 Å². The summed E-state index contributed by atoms with van der Waals surface area (Å²) in [4.78, 5) is 0.326. The molecule has 0 fully saturated rings. The van der Waals surface area contributed by atoms with Gasteiger partial charge in [-0.25, -0.2) is 4.21 Å². The zero-order valence-corrected chi connectivity index (χ0v) is 7.17. The SMILES string of the molecule is [B]c1ccc(S(=O)O)c(CN)c1. The Morgan fingerprint density at radius 3 is 2.75 bits per heavy atom. The Morgan fingerprint density at radius 2 is 2.25 bits per heavy atom. The van der Waals surface area contributed by atoms with Gasteiger partial charge in [0.05, 0.1) is 4.90 Å². The largest absolute Gasteiger partial charge is 0.326 e. The van der Waals surface area contributed by atoms with E-state index >= 15 is 0 Å². The minimum atomic E-state index is -1.98. The fraction of sp³-hybridized carbons (Fsp3) is 0.143. The van der Waals surface area contributed by atoms with E-state index in [1.165, 1.54) is 6.07 Å². The molecule has 62 valence electrons. The highest BCUT2D eigenvalue weighted by atomic mass is 32.2. The highest BCUT2D eigenvalue weighted by Crippen LogP contribution is 2.09. The normalized spacial score (nSPS) is 12.8. The van der Waals surface area contributed by atoms with Gasteiger partial charge in [-0.2, -0.15) is 0 Å². The van der Waals surface area contributed by atoms with Gasteiger partial charge in [0, 0.05) is 6.54 Å². The van der Waals surface area contributed by atoms with Crippen LogP contribution in [0.3, 0.4) is 0 Å². The van der Waals surface area contributed by atoms with Gasteiger partial charge >= 0.3 is 0 Å². The van der Waals surface area contributed by atoms with Crippen molar-refractivity contribution < 1.29 is 8.76 Å². The van der Waals surface area contributed by atoms with Crippen molar-refractivity contribution in [3.8, 4) is 0 Å². The molecule has 0 aliphatic heterocycles. The molecule has 1 atom stereocenters. The first kappa shape index (κ1) is 9.44. The Kier molecular flexibility index (Phi) is 3.02. The molecule has 0 aliphatic carbocycles. The highest BCUT2D eigenvalue weighted by Gasteiger charge is 2.05. The van der Waals surface area contributed by atoms with Crippen LogP contribution in [0.15, 0.2) is 23.1 Å². The fourth-order valence-electron chi connectivity index (χ4n) is 0.929. The third kappa shape index (κ3) is 1.94. The number of hydrogen-bond acceptors (Lipinski definition) is 2. The maximum Gasteiger partial charge on any atom is 0.186 e. The van der Waals surface area contributed by atoms with Gasteiger partial charge in [0.1, 0.15) is 7.85 Å². The predicted octanol–water partition coefficient (Wildman–Crippen LogP) is -0.480. The van der Waals surface area contributed by atoms with Gasteiger partial charge in [0.25, 0.3) is 0 Å². The van der Waals surface area contributed by atoms with Crippen molar-refractivity contribution in [2.24, 2.45) is 5.73 Å². The van der Waals surface area contributed by atoms with E-state index in [9.17, 15) is 4.21 Å². The summed E-state index contributed by atoms with van der Waals surface area (Å²) in [6.07, 6.45) is 0. The van der Waals surface area contributed by atoms with Gasteiger partial charge in [-0.1, -0.05) is 17.6 Å². The van der Waals surface area contributed by atoms with Crippen LogP contribution in [0.1, 0.15) is 5.56 Å². The molecule has 5 heteroatoms. The van der Waals surface area contributed by atoms with Crippen molar-refractivity contribution in [2.45, 2.75) is 11.4 Å². The first-order chi connectivity index (χ1) is 5.65. The van der Waals surface area contributed by atoms with Crippen LogP contribution in [0, 0.1) is 0 Å². The molecule has 0 saturated heterocycles. The predicted molar refractivity (Wildman–Crippen MR) is 48.8 cm³/mol. The monoisotopic (exact) mass is 181 g/mol.